The first-order valence-corrected chi connectivity index (χ1v) is 25.6. The lowest BCUT2D eigenvalue weighted by atomic mass is 9.94. The average Bonchev–Trinajstić information content (AvgIpc) is 4.04. The lowest BCUT2D eigenvalue weighted by Gasteiger charge is -2.31. The van der Waals surface area contributed by atoms with Gasteiger partial charge in [-0.2, -0.15) is 0 Å². The molecule has 2 fully saturated rings. The molecule has 0 bridgehead atoms. The smallest absolute Gasteiger partial charge is 0.338 e. The molecule has 2 N–H and O–H groups in total. The monoisotopic (exact) mass is 996 g/mol. The minimum absolute atomic E-state index is 0.118. The zero-order valence-corrected chi connectivity index (χ0v) is 39.4. The summed E-state index contributed by atoms with van der Waals surface area (Å²) in [6.45, 7) is 4.29. The molecule has 0 amide bonds. The number of rotatable bonds is 11. The molecule has 4 aliphatic heterocycles. The molecule has 24 heteroatoms. The molecule has 16 nitrogen and oxygen atoms in total. The summed E-state index contributed by atoms with van der Waals surface area (Å²) < 4.78 is 90.4. The van der Waals surface area contributed by atoms with Gasteiger partial charge in [-0.3, -0.25) is 9.98 Å². The summed E-state index contributed by atoms with van der Waals surface area (Å²) in [6, 6.07) is 5.12. The van der Waals surface area contributed by atoms with E-state index in [1.807, 2.05) is 6.92 Å². The van der Waals surface area contributed by atoms with E-state index in [2.05, 4.69) is 19.4 Å². The molecule has 0 aliphatic carbocycles. The Hall–Kier alpha value is -4.68. The standard InChI is InChI=1S/2C20H20ClFN4O4S2/c1-10-8-23-19(31-10)18-24-17(13-5-4-11(22)6-14(13)21)16(20(27)30-2)15-7-12(9-26(15)18)25-32(3,28)29;1-3-30-20(27)16-15-9-12(25-32(2,28)29)10-26(15)18(19-23-6-7-31-19)24-17(16)13-5-4-11(22)8-14(13)21/h4-6,8,12,17,25H,7,9H2,1-3H3;4-8,12,17,25H,3,9-10H2,1-2H3/t12-,17+;12-,17-/m00/s1. The van der Waals surface area contributed by atoms with E-state index in [0.717, 1.165) is 29.5 Å². The van der Waals surface area contributed by atoms with E-state index in [0.29, 0.717) is 44.2 Å². The molecule has 8 rings (SSSR count). The minimum Gasteiger partial charge on any atom is -0.466 e. The van der Waals surface area contributed by atoms with Gasteiger partial charge in [-0.05, 0) is 38.1 Å². The Bertz CT molecular complexity index is 2860. The van der Waals surface area contributed by atoms with Gasteiger partial charge in [0.15, 0.2) is 21.7 Å². The Balaban J connectivity index is 0.000000191. The zero-order chi connectivity index (χ0) is 46.2. The second-order valence-corrected chi connectivity index (χ2v) is 21.4. The number of aliphatic imine (C=N–C) groups is 2. The fourth-order valence-electron chi connectivity index (χ4n) is 7.82. The molecule has 6 heterocycles. The van der Waals surface area contributed by atoms with Crippen LogP contribution in [0.4, 0.5) is 8.78 Å². The summed E-state index contributed by atoms with van der Waals surface area (Å²) in [6.07, 6.45) is 6.01. The maximum absolute atomic E-state index is 13.7. The Morgan fingerprint density at radius 1 is 0.812 bits per heavy atom. The lowest BCUT2D eigenvalue weighted by Crippen LogP contribution is -2.39. The highest BCUT2D eigenvalue weighted by molar-refractivity contribution is 7.89. The highest BCUT2D eigenvalue weighted by atomic mass is 35.5. The van der Waals surface area contributed by atoms with Crippen LogP contribution in [0.3, 0.4) is 0 Å². The van der Waals surface area contributed by atoms with Crippen LogP contribution in [0, 0.1) is 18.6 Å². The van der Waals surface area contributed by atoms with Gasteiger partial charge in [0.05, 0.1) is 37.4 Å². The van der Waals surface area contributed by atoms with Gasteiger partial charge in [0.2, 0.25) is 20.0 Å². The van der Waals surface area contributed by atoms with Crippen LogP contribution >= 0.6 is 45.9 Å². The molecule has 340 valence electrons. The van der Waals surface area contributed by atoms with Crippen molar-refractivity contribution in [1.29, 1.82) is 0 Å². The minimum atomic E-state index is -3.48. The van der Waals surface area contributed by atoms with E-state index < -0.39 is 67.8 Å². The summed E-state index contributed by atoms with van der Waals surface area (Å²) >= 11 is 15.5. The normalized spacial score (nSPS) is 20.9. The van der Waals surface area contributed by atoms with Gasteiger partial charge in [-0.1, -0.05) is 35.3 Å². The van der Waals surface area contributed by atoms with Gasteiger partial charge in [0.25, 0.3) is 0 Å². The van der Waals surface area contributed by atoms with Crippen LogP contribution in [-0.4, -0.2) is 112 Å². The van der Waals surface area contributed by atoms with Crippen LogP contribution in [0.25, 0.3) is 0 Å². The SMILES string of the molecule is CCOC(=O)C1=C2C[C@H](NS(C)(=O)=O)CN2C(c2nccs2)=N[C@H]1c1ccc(F)cc1Cl.COC(=O)C1=C2C[C@H](NS(C)(=O)=O)CN2C(c2ncc(C)s2)=N[C@@H]1c1ccc(F)cc1Cl. The van der Waals surface area contributed by atoms with Crippen LogP contribution in [0.15, 0.2) is 86.7 Å². The molecule has 0 unspecified atom stereocenters. The van der Waals surface area contributed by atoms with Crippen molar-refractivity contribution < 1.29 is 44.7 Å². The Morgan fingerprint density at radius 2 is 1.31 bits per heavy atom. The van der Waals surface area contributed by atoms with Crippen LogP contribution in [-0.2, 0) is 39.1 Å². The highest BCUT2D eigenvalue weighted by Gasteiger charge is 2.45. The van der Waals surface area contributed by atoms with E-state index in [1.54, 1.807) is 34.5 Å². The summed E-state index contributed by atoms with van der Waals surface area (Å²) in [7, 11) is -5.70. The second kappa shape index (κ2) is 19.0. The van der Waals surface area contributed by atoms with Crippen LogP contribution in [0.5, 0.6) is 0 Å². The maximum Gasteiger partial charge on any atom is 0.338 e. The average molecular weight is 998 g/mol. The van der Waals surface area contributed by atoms with Gasteiger partial charge in [-0.25, -0.2) is 54.6 Å². The Morgan fingerprint density at radius 3 is 1.72 bits per heavy atom. The molecular formula is C40H40Cl2F2N8O8S4. The molecule has 2 aromatic heterocycles. The van der Waals surface area contributed by atoms with Crippen molar-refractivity contribution in [2.75, 3.05) is 39.3 Å². The number of thiazole rings is 2. The number of aryl methyl sites for hydroxylation is 1. The van der Waals surface area contributed by atoms with Crippen LogP contribution in [0.1, 0.15) is 57.9 Å². The molecule has 2 saturated heterocycles. The fraction of sp³-hybridized carbons (Fsp3) is 0.350. The zero-order valence-electron chi connectivity index (χ0n) is 34.6. The molecule has 64 heavy (non-hydrogen) atoms. The third-order valence-corrected chi connectivity index (χ3v) is 14.0. The van der Waals surface area contributed by atoms with Crippen molar-refractivity contribution in [3.05, 3.63) is 124 Å². The number of ether oxygens (including phenoxy) is 2. The molecule has 0 saturated carbocycles. The molecule has 4 aliphatic rings. The van der Waals surface area contributed by atoms with Gasteiger partial charge >= 0.3 is 11.9 Å². The predicted octanol–water partition coefficient (Wildman–Crippen LogP) is 5.67. The summed E-state index contributed by atoms with van der Waals surface area (Å²) in [5, 5.41) is 3.26. The number of carbonyl (C=O) groups is 2. The number of esters is 2. The fourth-order valence-corrected chi connectivity index (χ4v) is 11.3. The highest BCUT2D eigenvalue weighted by Crippen LogP contribution is 2.44. The lowest BCUT2D eigenvalue weighted by molar-refractivity contribution is -0.139. The summed E-state index contributed by atoms with van der Waals surface area (Å²) in [4.78, 5) is 48.8. The number of methoxy groups -OCH3 is 1. The molecule has 4 atom stereocenters. The van der Waals surface area contributed by atoms with Crippen LogP contribution in [0.2, 0.25) is 10.0 Å². The van der Waals surface area contributed by atoms with E-state index >= 15 is 0 Å². The quantitative estimate of drug-likeness (QED) is 0.175. The molecule has 0 radical (unpaired) electrons. The number of fused-ring (bicyclic) bond motifs is 2. The van der Waals surface area contributed by atoms with Gasteiger partial charge < -0.3 is 19.3 Å². The van der Waals surface area contributed by atoms with Gasteiger partial charge in [-0.15, -0.1) is 22.7 Å². The first-order valence-electron chi connectivity index (χ1n) is 19.3. The summed E-state index contributed by atoms with van der Waals surface area (Å²) in [5.41, 5.74) is 2.51. The number of amidine groups is 2. The number of carbonyl (C=O) groups excluding carboxylic acids is 2. The molecule has 2 aromatic carbocycles. The number of nitrogens with one attached hydrogen (secondary N) is 2. The molecule has 4 aromatic rings. The van der Waals surface area contributed by atoms with Crippen LogP contribution < -0.4 is 9.44 Å². The second-order valence-electron chi connectivity index (χ2n) is 14.9. The van der Waals surface area contributed by atoms with Gasteiger partial charge in [0, 0.05) is 93.2 Å². The van der Waals surface area contributed by atoms with Crippen molar-refractivity contribution in [2.45, 2.75) is 50.9 Å². The summed E-state index contributed by atoms with van der Waals surface area (Å²) in [5.74, 6) is -1.24. The number of benzene rings is 2. The van der Waals surface area contributed by atoms with E-state index in [9.17, 15) is 35.2 Å². The number of aromatic nitrogens is 2. The Labute approximate surface area is 385 Å². The van der Waals surface area contributed by atoms with E-state index in [4.69, 9.17) is 42.7 Å². The largest absolute Gasteiger partial charge is 0.466 e. The topological polar surface area (TPSA) is 202 Å². The van der Waals surface area contributed by atoms with Crippen molar-refractivity contribution in [3.63, 3.8) is 0 Å². The van der Waals surface area contributed by atoms with E-state index in [-0.39, 0.29) is 53.7 Å². The number of nitrogens with zero attached hydrogens (tertiary/aromatic N) is 6. The molecule has 0 spiro atoms. The first-order chi connectivity index (χ1) is 30.2. The third kappa shape index (κ3) is 10.4. The van der Waals surface area contributed by atoms with Crippen molar-refractivity contribution in [2.24, 2.45) is 9.98 Å². The maximum atomic E-state index is 13.7. The van der Waals surface area contributed by atoms with Gasteiger partial charge in [0.1, 0.15) is 23.7 Å². The van der Waals surface area contributed by atoms with Crippen molar-refractivity contribution in [3.8, 4) is 0 Å². The predicted molar refractivity (Wildman–Crippen MR) is 239 cm³/mol. The van der Waals surface area contributed by atoms with Crippen molar-refractivity contribution in [1.82, 2.24) is 29.2 Å². The number of hydrogen-bond donors (Lipinski definition) is 2. The first kappa shape index (κ1) is 47.3. The van der Waals surface area contributed by atoms with Crippen molar-refractivity contribution >= 4 is 89.5 Å². The number of sulfonamides is 2. The molecular weight excluding hydrogens is 958 g/mol. The Kier molecular flexibility index (Phi) is 14.1. The number of halogens is 4. The number of hydrogen-bond acceptors (Lipinski definition) is 16. The third-order valence-electron chi connectivity index (χ3n) is 10.1. The van der Waals surface area contributed by atoms with E-state index in [1.165, 1.54) is 54.0 Å².